The molecule has 0 aliphatic carbocycles. The average Bonchev–Trinajstić information content (AvgIpc) is 3.47. The van der Waals surface area contributed by atoms with Crippen LogP contribution in [0.4, 0.5) is 0 Å². The molecule has 0 spiro atoms. The Morgan fingerprint density at radius 1 is 1.24 bits per heavy atom. The molecule has 0 radical (unpaired) electrons. The molecule has 4 rings (SSSR count). The van der Waals surface area contributed by atoms with Gasteiger partial charge in [0.1, 0.15) is 5.76 Å². The van der Waals surface area contributed by atoms with E-state index in [0.717, 1.165) is 54.9 Å². The predicted molar refractivity (Wildman–Crippen MR) is 105 cm³/mol. The second-order valence-corrected chi connectivity index (χ2v) is 7.59. The van der Waals surface area contributed by atoms with Gasteiger partial charge in [0.2, 0.25) is 5.91 Å². The first-order chi connectivity index (χ1) is 14.1. The molecule has 152 valence electrons. The minimum atomic E-state index is 0.200. The number of amides is 1. The lowest BCUT2D eigenvalue weighted by Crippen LogP contribution is -2.29. The summed E-state index contributed by atoms with van der Waals surface area (Å²) in [5.41, 5.74) is 2.75. The van der Waals surface area contributed by atoms with Gasteiger partial charge in [-0.25, -0.2) is 0 Å². The average molecular weight is 395 g/mol. The molecule has 4 heterocycles. The second-order valence-electron chi connectivity index (χ2n) is 7.59. The van der Waals surface area contributed by atoms with E-state index in [0.29, 0.717) is 30.5 Å². The van der Waals surface area contributed by atoms with Crippen LogP contribution in [0.1, 0.15) is 42.1 Å². The quantitative estimate of drug-likeness (QED) is 0.606. The molecule has 0 N–H and O–H groups in total. The highest BCUT2D eigenvalue weighted by atomic mass is 16.5. The van der Waals surface area contributed by atoms with Crippen LogP contribution in [0, 0.1) is 19.8 Å². The van der Waals surface area contributed by atoms with Gasteiger partial charge in [-0.15, -0.1) is 0 Å². The Balaban J connectivity index is 1.24. The van der Waals surface area contributed by atoms with Crippen molar-refractivity contribution in [3.63, 3.8) is 0 Å². The van der Waals surface area contributed by atoms with E-state index in [4.69, 9.17) is 9.05 Å². The van der Waals surface area contributed by atoms with Crippen LogP contribution in [-0.2, 0) is 17.6 Å². The maximum Gasteiger partial charge on any atom is 0.259 e. The van der Waals surface area contributed by atoms with Crippen molar-refractivity contribution in [3.8, 4) is 11.5 Å². The third-order valence-corrected chi connectivity index (χ3v) is 5.56. The SMILES string of the molecule is Cc1noc(C)c1CCC(=O)N1CCC(CCc2noc(-c3cccnc3)n2)C1. The molecule has 0 bridgehead atoms. The highest BCUT2D eigenvalue weighted by Crippen LogP contribution is 2.23. The van der Waals surface area contributed by atoms with Crippen molar-refractivity contribution in [1.29, 1.82) is 0 Å². The van der Waals surface area contributed by atoms with Crippen molar-refractivity contribution in [3.05, 3.63) is 47.4 Å². The zero-order valence-corrected chi connectivity index (χ0v) is 16.8. The molecular formula is C21H25N5O3. The molecule has 3 aromatic rings. The first-order valence-corrected chi connectivity index (χ1v) is 10.0. The number of nitrogens with zero attached hydrogens (tertiary/aromatic N) is 5. The van der Waals surface area contributed by atoms with Crippen LogP contribution in [0.5, 0.6) is 0 Å². The summed E-state index contributed by atoms with van der Waals surface area (Å²) in [6.45, 7) is 5.43. The first-order valence-electron chi connectivity index (χ1n) is 10.0. The molecule has 1 amide bonds. The van der Waals surface area contributed by atoms with Crippen molar-refractivity contribution < 1.29 is 13.8 Å². The van der Waals surface area contributed by atoms with Gasteiger partial charge in [0.25, 0.3) is 5.89 Å². The fraction of sp³-hybridized carbons (Fsp3) is 0.476. The number of hydrogen-bond acceptors (Lipinski definition) is 7. The molecule has 8 nitrogen and oxygen atoms in total. The molecule has 29 heavy (non-hydrogen) atoms. The Kier molecular flexibility index (Phi) is 5.69. The number of carbonyl (C=O) groups excluding carboxylic acids is 1. The van der Waals surface area contributed by atoms with Crippen molar-refractivity contribution in [2.75, 3.05) is 13.1 Å². The minimum Gasteiger partial charge on any atom is -0.361 e. The van der Waals surface area contributed by atoms with Gasteiger partial charge in [-0.1, -0.05) is 10.3 Å². The largest absolute Gasteiger partial charge is 0.361 e. The van der Waals surface area contributed by atoms with Gasteiger partial charge >= 0.3 is 0 Å². The Morgan fingerprint density at radius 3 is 2.90 bits per heavy atom. The summed E-state index contributed by atoms with van der Waals surface area (Å²) in [4.78, 5) is 23.1. The van der Waals surface area contributed by atoms with E-state index in [2.05, 4.69) is 20.3 Å². The van der Waals surface area contributed by atoms with E-state index in [1.54, 1.807) is 12.4 Å². The van der Waals surface area contributed by atoms with E-state index in [-0.39, 0.29) is 5.91 Å². The Hall–Kier alpha value is -3.03. The Labute approximate surface area is 169 Å². The summed E-state index contributed by atoms with van der Waals surface area (Å²) in [7, 11) is 0. The van der Waals surface area contributed by atoms with Gasteiger partial charge in [0.15, 0.2) is 5.82 Å². The fourth-order valence-electron chi connectivity index (χ4n) is 3.84. The lowest BCUT2D eigenvalue weighted by molar-refractivity contribution is -0.130. The second kappa shape index (κ2) is 8.55. The number of aromatic nitrogens is 4. The fourth-order valence-corrected chi connectivity index (χ4v) is 3.84. The van der Waals surface area contributed by atoms with Crippen LogP contribution in [0.3, 0.4) is 0 Å². The summed E-state index contributed by atoms with van der Waals surface area (Å²) < 4.78 is 10.5. The Bertz CT molecular complexity index is 946. The monoisotopic (exact) mass is 395 g/mol. The van der Waals surface area contributed by atoms with E-state index < -0.39 is 0 Å². The number of hydrogen-bond donors (Lipinski definition) is 0. The maximum absolute atomic E-state index is 12.6. The van der Waals surface area contributed by atoms with Crippen LogP contribution < -0.4 is 0 Å². The minimum absolute atomic E-state index is 0.200. The highest BCUT2D eigenvalue weighted by molar-refractivity contribution is 5.76. The van der Waals surface area contributed by atoms with Crippen LogP contribution in [0.2, 0.25) is 0 Å². The lowest BCUT2D eigenvalue weighted by Gasteiger charge is -2.16. The van der Waals surface area contributed by atoms with Gasteiger partial charge in [-0.05, 0) is 51.2 Å². The molecule has 1 aliphatic heterocycles. The third kappa shape index (κ3) is 4.52. The molecule has 1 fully saturated rings. The van der Waals surface area contributed by atoms with Gasteiger partial charge in [0.05, 0.1) is 11.3 Å². The van der Waals surface area contributed by atoms with Crippen molar-refractivity contribution in [2.45, 2.75) is 46.0 Å². The molecule has 1 aliphatic rings. The molecule has 1 unspecified atom stereocenters. The van der Waals surface area contributed by atoms with Gasteiger partial charge in [-0.2, -0.15) is 4.98 Å². The first kappa shape index (κ1) is 19.3. The van der Waals surface area contributed by atoms with Crippen molar-refractivity contribution in [2.24, 2.45) is 5.92 Å². The highest BCUT2D eigenvalue weighted by Gasteiger charge is 2.26. The third-order valence-electron chi connectivity index (χ3n) is 5.56. The van der Waals surface area contributed by atoms with Crippen LogP contribution in [-0.4, -0.2) is 44.2 Å². The number of likely N-dealkylation sites (tertiary alicyclic amines) is 1. The molecule has 8 heteroatoms. The number of carbonyl (C=O) groups is 1. The number of rotatable bonds is 7. The van der Waals surface area contributed by atoms with E-state index in [9.17, 15) is 4.79 Å². The zero-order chi connectivity index (χ0) is 20.2. The lowest BCUT2D eigenvalue weighted by atomic mass is 10.0. The Morgan fingerprint density at radius 2 is 2.14 bits per heavy atom. The zero-order valence-electron chi connectivity index (χ0n) is 16.8. The normalized spacial score (nSPS) is 16.5. The summed E-state index contributed by atoms with van der Waals surface area (Å²) in [6, 6.07) is 3.74. The molecule has 3 aromatic heterocycles. The van der Waals surface area contributed by atoms with Crippen LogP contribution >= 0.6 is 0 Å². The summed E-state index contributed by atoms with van der Waals surface area (Å²) in [5, 5.41) is 8.03. The molecule has 1 saturated heterocycles. The number of aryl methyl sites for hydroxylation is 3. The standard InChI is InChI=1S/C21H25N5O3/c1-14-18(15(2)28-24-14)6-8-20(27)26-11-9-16(13-26)5-7-19-23-21(29-25-19)17-4-3-10-22-12-17/h3-4,10,12,16H,5-9,11,13H2,1-2H3. The van der Waals surface area contributed by atoms with E-state index >= 15 is 0 Å². The number of pyridine rings is 1. The van der Waals surface area contributed by atoms with Crippen LogP contribution in [0.15, 0.2) is 33.6 Å². The summed E-state index contributed by atoms with van der Waals surface area (Å²) in [5.74, 6) is 2.67. The smallest absolute Gasteiger partial charge is 0.259 e. The molecule has 0 aromatic carbocycles. The van der Waals surface area contributed by atoms with Gasteiger partial charge < -0.3 is 13.9 Å². The predicted octanol–water partition coefficient (Wildman–Crippen LogP) is 3.15. The maximum atomic E-state index is 12.6. The molecule has 1 atom stereocenters. The molecular weight excluding hydrogens is 370 g/mol. The van der Waals surface area contributed by atoms with Crippen molar-refractivity contribution in [1.82, 2.24) is 25.2 Å². The van der Waals surface area contributed by atoms with Gasteiger partial charge in [0, 0.05) is 43.9 Å². The van der Waals surface area contributed by atoms with E-state index in [1.807, 2.05) is 30.9 Å². The van der Waals surface area contributed by atoms with Gasteiger partial charge in [-0.3, -0.25) is 9.78 Å². The molecule has 0 saturated carbocycles. The topological polar surface area (TPSA) is 98.2 Å². The van der Waals surface area contributed by atoms with Crippen molar-refractivity contribution >= 4 is 5.91 Å². The summed E-state index contributed by atoms with van der Waals surface area (Å²) >= 11 is 0. The summed E-state index contributed by atoms with van der Waals surface area (Å²) in [6.07, 6.45) is 7.30. The van der Waals surface area contributed by atoms with Crippen LogP contribution in [0.25, 0.3) is 11.5 Å². The van der Waals surface area contributed by atoms with E-state index in [1.165, 1.54) is 0 Å².